The Morgan fingerprint density at radius 3 is 2.78 bits per heavy atom. The summed E-state index contributed by atoms with van der Waals surface area (Å²) in [6.45, 7) is 6.01. The summed E-state index contributed by atoms with van der Waals surface area (Å²) in [5.74, 6) is 0.922. The van der Waals surface area contributed by atoms with E-state index in [0.717, 1.165) is 36.8 Å². The Hall–Kier alpha value is -2.10. The van der Waals surface area contributed by atoms with Crippen molar-refractivity contribution in [1.29, 1.82) is 0 Å². The minimum atomic E-state index is -0.0902. The van der Waals surface area contributed by atoms with E-state index < -0.39 is 0 Å². The van der Waals surface area contributed by atoms with Crippen LogP contribution in [0.2, 0.25) is 0 Å². The average molecular weight is 550 g/mol. The van der Waals surface area contributed by atoms with Crippen LogP contribution in [0.25, 0.3) is 0 Å². The van der Waals surface area contributed by atoms with Gasteiger partial charge < -0.3 is 15.5 Å². The molecule has 1 saturated heterocycles. The van der Waals surface area contributed by atoms with Crippen LogP contribution in [0.15, 0.2) is 47.7 Å². The Bertz CT molecular complexity index is 892. The molecular formula is C24H35IN6O. The second kappa shape index (κ2) is 11.7. The van der Waals surface area contributed by atoms with Crippen molar-refractivity contribution in [2.45, 2.75) is 58.5 Å². The lowest BCUT2D eigenvalue weighted by Crippen LogP contribution is -2.41. The molecule has 1 spiro atoms. The molecular weight excluding hydrogens is 515 g/mol. The molecule has 1 aromatic carbocycles. The molecule has 7 nitrogen and oxygen atoms in total. The molecule has 4 rings (SSSR count). The first-order chi connectivity index (χ1) is 15.2. The molecule has 1 saturated carbocycles. The molecule has 32 heavy (non-hydrogen) atoms. The zero-order valence-corrected chi connectivity index (χ0v) is 21.3. The fourth-order valence-corrected chi connectivity index (χ4v) is 4.91. The van der Waals surface area contributed by atoms with Crippen molar-refractivity contribution in [1.82, 2.24) is 20.0 Å². The minimum Gasteiger partial charge on any atom is -0.357 e. The summed E-state index contributed by atoms with van der Waals surface area (Å²) in [6.07, 6.45) is 11.6. The van der Waals surface area contributed by atoms with Crippen molar-refractivity contribution in [2.75, 3.05) is 25.0 Å². The number of hydrogen-bond donors (Lipinski definition) is 2. The van der Waals surface area contributed by atoms with E-state index in [2.05, 4.69) is 33.6 Å². The van der Waals surface area contributed by atoms with E-state index in [-0.39, 0.29) is 36.4 Å². The van der Waals surface area contributed by atoms with E-state index >= 15 is 0 Å². The molecule has 8 heteroatoms. The molecule has 2 aromatic rings. The normalized spacial score (nSPS) is 17.8. The second-order valence-electron chi connectivity index (χ2n) is 8.85. The van der Waals surface area contributed by atoms with Crippen molar-refractivity contribution in [2.24, 2.45) is 10.4 Å². The Labute approximate surface area is 208 Å². The lowest BCUT2D eigenvalue weighted by molar-refractivity contribution is -0.116. The SMILES string of the molecule is CCNC(=NCc1cccc(NC(=O)Cn2cccn2)c1)N1CCC2(CCCCC2)C1.I. The lowest BCUT2D eigenvalue weighted by atomic mass is 9.73. The Balaban J connectivity index is 0.00000289. The zero-order chi connectivity index (χ0) is 21.5. The number of nitrogens with one attached hydrogen (secondary N) is 2. The molecule has 1 aromatic heterocycles. The second-order valence-corrected chi connectivity index (χ2v) is 8.85. The number of amides is 1. The molecule has 0 radical (unpaired) electrons. The highest BCUT2D eigenvalue weighted by Crippen LogP contribution is 2.43. The third kappa shape index (κ3) is 6.46. The van der Waals surface area contributed by atoms with Crippen LogP contribution in [0.3, 0.4) is 0 Å². The molecule has 0 bridgehead atoms. The first kappa shape index (κ1) is 24.5. The highest BCUT2D eigenvalue weighted by molar-refractivity contribution is 14.0. The van der Waals surface area contributed by atoms with Crippen molar-refractivity contribution < 1.29 is 4.79 Å². The average Bonchev–Trinajstić information content (AvgIpc) is 3.42. The summed E-state index contributed by atoms with van der Waals surface area (Å²) in [5, 5.41) is 10.5. The first-order valence-electron chi connectivity index (χ1n) is 11.6. The number of rotatable bonds is 6. The minimum absolute atomic E-state index is 0. The third-order valence-electron chi connectivity index (χ3n) is 6.47. The molecule has 0 unspecified atom stereocenters. The molecule has 1 aliphatic heterocycles. The predicted molar refractivity (Wildman–Crippen MR) is 139 cm³/mol. The number of halogens is 1. The Morgan fingerprint density at radius 1 is 1.19 bits per heavy atom. The number of anilines is 1. The van der Waals surface area contributed by atoms with Gasteiger partial charge in [0.1, 0.15) is 6.54 Å². The fraction of sp³-hybridized carbons (Fsp3) is 0.542. The van der Waals surface area contributed by atoms with Gasteiger partial charge in [-0.3, -0.25) is 9.48 Å². The first-order valence-corrected chi connectivity index (χ1v) is 11.6. The molecule has 174 valence electrons. The summed E-state index contributed by atoms with van der Waals surface area (Å²) >= 11 is 0. The van der Waals surface area contributed by atoms with Crippen molar-refractivity contribution in [3.63, 3.8) is 0 Å². The van der Waals surface area contributed by atoms with Gasteiger partial charge in [0.2, 0.25) is 5.91 Å². The van der Waals surface area contributed by atoms with Crippen molar-refractivity contribution in [3.8, 4) is 0 Å². The number of nitrogens with zero attached hydrogens (tertiary/aromatic N) is 4. The smallest absolute Gasteiger partial charge is 0.246 e. The van der Waals surface area contributed by atoms with Crippen LogP contribution in [0.1, 0.15) is 51.0 Å². The largest absolute Gasteiger partial charge is 0.357 e. The predicted octanol–water partition coefficient (Wildman–Crippen LogP) is 4.26. The van der Waals surface area contributed by atoms with E-state index in [9.17, 15) is 4.79 Å². The summed E-state index contributed by atoms with van der Waals surface area (Å²) in [4.78, 5) is 19.6. The van der Waals surface area contributed by atoms with Gasteiger partial charge in [0.15, 0.2) is 5.96 Å². The maximum Gasteiger partial charge on any atom is 0.246 e. The number of likely N-dealkylation sites (tertiary alicyclic amines) is 1. The number of hydrogen-bond acceptors (Lipinski definition) is 3. The summed E-state index contributed by atoms with van der Waals surface area (Å²) in [6, 6.07) is 9.74. The number of aromatic nitrogens is 2. The van der Waals surface area contributed by atoms with Crippen molar-refractivity contribution >= 4 is 41.5 Å². The molecule has 2 heterocycles. The van der Waals surface area contributed by atoms with Crippen LogP contribution in [-0.4, -0.2) is 46.2 Å². The van der Waals surface area contributed by atoms with E-state index in [1.807, 2.05) is 24.3 Å². The molecule has 1 amide bonds. The van der Waals surface area contributed by atoms with E-state index in [1.165, 1.54) is 38.5 Å². The number of carbonyl (C=O) groups is 1. The summed E-state index contributed by atoms with van der Waals surface area (Å²) in [5.41, 5.74) is 2.38. The number of benzene rings is 1. The van der Waals surface area contributed by atoms with E-state index in [1.54, 1.807) is 17.1 Å². The van der Waals surface area contributed by atoms with Gasteiger partial charge in [-0.1, -0.05) is 31.4 Å². The molecule has 2 fully saturated rings. The van der Waals surface area contributed by atoms with Crippen LogP contribution in [0.5, 0.6) is 0 Å². The lowest BCUT2D eigenvalue weighted by Gasteiger charge is -2.33. The van der Waals surface area contributed by atoms with Gasteiger partial charge in [0, 0.05) is 37.7 Å². The molecule has 0 atom stereocenters. The van der Waals surface area contributed by atoms with Gasteiger partial charge >= 0.3 is 0 Å². The van der Waals surface area contributed by atoms with Crippen LogP contribution >= 0.6 is 24.0 Å². The molecule has 2 aliphatic rings. The standard InChI is InChI=1S/C24H34N6O.HI/c1-2-25-23(29-15-12-24(19-29)10-4-3-5-11-24)26-17-20-8-6-9-21(16-20)28-22(31)18-30-14-7-13-27-30;/h6-9,13-14,16H,2-5,10-12,15,17-19H2,1H3,(H,25,26)(H,28,31);1H. The van der Waals surface area contributed by atoms with Crippen LogP contribution in [-0.2, 0) is 17.9 Å². The zero-order valence-electron chi connectivity index (χ0n) is 18.9. The van der Waals surface area contributed by atoms with Crippen molar-refractivity contribution in [3.05, 3.63) is 48.3 Å². The Kier molecular flexibility index (Phi) is 8.95. The number of guanidine groups is 1. The van der Waals surface area contributed by atoms with Gasteiger partial charge in [0.25, 0.3) is 0 Å². The molecule has 1 aliphatic carbocycles. The summed E-state index contributed by atoms with van der Waals surface area (Å²) < 4.78 is 1.61. The van der Waals surface area contributed by atoms with Crippen LogP contribution in [0.4, 0.5) is 5.69 Å². The fourth-order valence-electron chi connectivity index (χ4n) is 4.91. The van der Waals surface area contributed by atoms with Gasteiger partial charge in [-0.15, -0.1) is 24.0 Å². The van der Waals surface area contributed by atoms with Gasteiger partial charge in [-0.25, -0.2) is 4.99 Å². The van der Waals surface area contributed by atoms with Crippen LogP contribution in [0, 0.1) is 5.41 Å². The maximum atomic E-state index is 12.2. The summed E-state index contributed by atoms with van der Waals surface area (Å²) in [7, 11) is 0. The quantitative estimate of drug-likeness (QED) is 0.320. The Morgan fingerprint density at radius 2 is 2.03 bits per heavy atom. The van der Waals surface area contributed by atoms with Gasteiger partial charge in [-0.2, -0.15) is 5.10 Å². The molecule has 2 N–H and O–H groups in total. The highest BCUT2D eigenvalue weighted by atomic mass is 127. The maximum absolute atomic E-state index is 12.2. The van der Waals surface area contributed by atoms with Crippen LogP contribution < -0.4 is 10.6 Å². The van der Waals surface area contributed by atoms with Gasteiger partial charge in [-0.05, 0) is 55.4 Å². The monoisotopic (exact) mass is 550 g/mol. The van der Waals surface area contributed by atoms with E-state index in [0.29, 0.717) is 12.0 Å². The van der Waals surface area contributed by atoms with Gasteiger partial charge in [0.05, 0.1) is 6.54 Å². The number of aliphatic imine (C=N–C) groups is 1. The number of carbonyl (C=O) groups excluding carboxylic acids is 1. The van der Waals surface area contributed by atoms with E-state index in [4.69, 9.17) is 4.99 Å². The topological polar surface area (TPSA) is 74.5 Å². The third-order valence-corrected chi connectivity index (χ3v) is 6.47. The highest BCUT2D eigenvalue weighted by Gasteiger charge is 2.39.